The maximum Gasteiger partial charge on any atom is 0.117 e. The quantitative estimate of drug-likeness (QED) is 0.656. The zero-order valence-electron chi connectivity index (χ0n) is 9.23. The molecule has 0 saturated heterocycles. The molecular weight excluding hydrogens is 300 g/mol. The summed E-state index contributed by atoms with van der Waals surface area (Å²) in [6.07, 6.45) is 3.51. The van der Waals surface area contributed by atoms with Crippen LogP contribution in [0.5, 0.6) is 0 Å². The van der Waals surface area contributed by atoms with Crippen LogP contribution in [0.25, 0.3) is 0 Å². The number of halogens is 1. The normalized spacial score (nSPS) is 10.6. The van der Waals surface area contributed by atoms with Crippen LogP contribution in [0.3, 0.4) is 0 Å². The molecule has 1 N–H and O–H groups in total. The van der Waals surface area contributed by atoms with Crippen LogP contribution in [0, 0.1) is 0 Å². The second-order valence-corrected chi connectivity index (χ2v) is 5.45. The average Bonchev–Trinajstić information content (AvgIpc) is 2.84. The van der Waals surface area contributed by atoms with Crippen molar-refractivity contribution in [3.63, 3.8) is 0 Å². The molecule has 0 aliphatic carbocycles. The summed E-state index contributed by atoms with van der Waals surface area (Å²) < 4.78 is 6.24. The van der Waals surface area contributed by atoms with Crippen LogP contribution in [0.15, 0.2) is 50.6 Å². The van der Waals surface area contributed by atoms with E-state index in [0.29, 0.717) is 0 Å². The first-order valence-corrected chi connectivity index (χ1v) is 7.10. The first kappa shape index (κ1) is 12.7. The van der Waals surface area contributed by atoms with E-state index in [1.165, 1.54) is 0 Å². The highest BCUT2D eigenvalue weighted by Gasteiger charge is 1.97. The van der Waals surface area contributed by atoms with Gasteiger partial charge in [0, 0.05) is 23.0 Å². The summed E-state index contributed by atoms with van der Waals surface area (Å²) in [6.45, 7) is 1.71. The third-order valence-corrected chi connectivity index (χ3v) is 3.52. The summed E-state index contributed by atoms with van der Waals surface area (Å²) in [5.74, 6) is 1.96. The molecule has 2 heterocycles. The van der Waals surface area contributed by atoms with Crippen LogP contribution in [-0.4, -0.2) is 17.3 Å². The molecule has 2 aromatic heterocycles. The molecule has 90 valence electrons. The summed E-state index contributed by atoms with van der Waals surface area (Å²) in [6, 6.07) is 7.89. The maximum atomic E-state index is 5.22. The summed E-state index contributed by atoms with van der Waals surface area (Å²) >= 11 is 5.11. The molecule has 0 saturated carbocycles. The van der Waals surface area contributed by atoms with E-state index >= 15 is 0 Å². The lowest BCUT2D eigenvalue weighted by atomic mass is 10.4. The largest absolute Gasteiger partial charge is 0.468 e. The Morgan fingerprint density at radius 3 is 3.00 bits per heavy atom. The standard InChI is InChI=1S/C12H13BrN2OS/c13-10-3-4-12(15-8-10)17-7-5-14-9-11-2-1-6-16-11/h1-4,6,8,14H,5,7,9H2. The number of hydrogen-bond donors (Lipinski definition) is 1. The van der Waals surface area contributed by atoms with Gasteiger partial charge in [-0.1, -0.05) is 0 Å². The third-order valence-electron chi connectivity index (χ3n) is 2.11. The number of nitrogens with one attached hydrogen (secondary N) is 1. The van der Waals surface area contributed by atoms with Crippen molar-refractivity contribution in [1.29, 1.82) is 0 Å². The lowest BCUT2D eigenvalue weighted by molar-refractivity contribution is 0.488. The van der Waals surface area contributed by atoms with E-state index < -0.39 is 0 Å². The Morgan fingerprint density at radius 1 is 1.35 bits per heavy atom. The van der Waals surface area contributed by atoms with Gasteiger partial charge in [0.15, 0.2) is 0 Å². The van der Waals surface area contributed by atoms with Crippen molar-refractivity contribution in [2.75, 3.05) is 12.3 Å². The lowest BCUT2D eigenvalue weighted by Gasteiger charge is -2.02. The van der Waals surface area contributed by atoms with Gasteiger partial charge in [0.05, 0.1) is 17.8 Å². The van der Waals surface area contributed by atoms with E-state index in [9.17, 15) is 0 Å². The van der Waals surface area contributed by atoms with Gasteiger partial charge in [-0.15, -0.1) is 11.8 Å². The zero-order chi connectivity index (χ0) is 11.9. The molecule has 0 unspecified atom stereocenters. The molecule has 0 amide bonds. The van der Waals surface area contributed by atoms with Crippen molar-refractivity contribution in [2.24, 2.45) is 0 Å². The fourth-order valence-corrected chi connectivity index (χ4v) is 2.28. The molecule has 0 aromatic carbocycles. The van der Waals surface area contributed by atoms with Gasteiger partial charge in [-0.3, -0.25) is 0 Å². The number of hydrogen-bond acceptors (Lipinski definition) is 4. The Morgan fingerprint density at radius 2 is 2.29 bits per heavy atom. The van der Waals surface area contributed by atoms with Gasteiger partial charge in [0.1, 0.15) is 5.76 Å². The summed E-state index contributed by atoms with van der Waals surface area (Å²) in [4.78, 5) is 4.30. The Balaban J connectivity index is 1.61. The number of rotatable bonds is 6. The van der Waals surface area contributed by atoms with Gasteiger partial charge in [0.25, 0.3) is 0 Å². The molecule has 3 nitrogen and oxygen atoms in total. The summed E-state index contributed by atoms with van der Waals surface area (Å²) in [5, 5.41) is 4.37. The monoisotopic (exact) mass is 312 g/mol. The van der Waals surface area contributed by atoms with E-state index in [1.54, 1.807) is 18.0 Å². The Hall–Kier alpha value is -0.780. The average molecular weight is 313 g/mol. The molecule has 0 bridgehead atoms. The van der Waals surface area contributed by atoms with E-state index in [4.69, 9.17) is 4.42 Å². The van der Waals surface area contributed by atoms with Crippen molar-refractivity contribution in [2.45, 2.75) is 11.6 Å². The number of furan rings is 1. The van der Waals surface area contributed by atoms with Crippen molar-refractivity contribution in [3.8, 4) is 0 Å². The molecule has 0 spiro atoms. The maximum absolute atomic E-state index is 5.22. The minimum absolute atomic E-state index is 0.779. The molecule has 0 aliphatic rings. The van der Waals surface area contributed by atoms with Crippen LogP contribution >= 0.6 is 27.7 Å². The topological polar surface area (TPSA) is 38.1 Å². The van der Waals surface area contributed by atoms with Crippen LogP contribution in [-0.2, 0) is 6.54 Å². The number of thioether (sulfide) groups is 1. The Bertz CT molecular complexity index is 430. The summed E-state index contributed by atoms with van der Waals surface area (Å²) in [7, 11) is 0. The number of nitrogens with zero attached hydrogens (tertiary/aromatic N) is 1. The smallest absolute Gasteiger partial charge is 0.117 e. The second kappa shape index (κ2) is 6.83. The molecule has 17 heavy (non-hydrogen) atoms. The third kappa shape index (κ3) is 4.53. The van der Waals surface area contributed by atoms with E-state index in [1.807, 2.05) is 30.5 Å². The summed E-state index contributed by atoms with van der Waals surface area (Å²) in [5.41, 5.74) is 0. The van der Waals surface area contributed by atoms with Gasteiger partial charge < -0.3 is 9.73 Å². The highest BCUT2D eigenvalue weighted by Crippen LogP contribution is 2.16. The highest BCUT2D eigenvalue weighted by atomic mass is 79.9. The van der Waals surface area contributed by atoms with Gasteiger partial charge >= 0.3 is 0 Å². The Labute approximate surface area is 113 Å². The van der Waals surface area contributed by atoms with Crippen molar-refractivity contribution in [1.82, 2.24) is 10.3 Å². The van der Waals surface area contributed by atoms with Gasteiger partial charge in [0.2, 0.25) is 0 Å². The molecule has 0 radical (unpaired) electrons. The SMILES string of the molecule is Brc1ccc(SCCNCc2ccco2)nc1. The van der Waals surface area contributed by atoms with Crippen LogP contribution < -0.4 is 5.32 Å². The van der Waals surface area contributed by atoms with E-state index in [-0.39, 0.29) is 0 Å². The molecule has 2 aromatic rings. The molecule has 5 heteroatoms. The van der Waals surface area contributed by atoms with Crippen molar-refractivity contribution < 1.29 is 4.42 Å². The molecule has 2 rings (SSSR count). The predicted octanol–water partition coefficient (Wildman–Crippen LogP) is 3.32. The highest BCUT2D eigenvalue weighted by molar-refractivity contribution is 9.10. The van der Waals surface area contributed by atoms with E-state index in [0.717, 1.165) is 34.1 Å². The van der Waals surface area contributed by atoms with Gasteiger partial charge in [-0.2, -0.15) is 0 Å². The molecular formula is C12H13BrN2OS. The van der Waals surface area contributed by atoms with Gasteiger partial charge in [-0.05, 0) is 40.2 Å². The van der Waals surface area contributed by atoms with Crippen LogP contribution in [0.2, 0.25) is 0 Å². The molecule has 0 aliphatic heterocycles. The molecule has 0 atom stereocenters. The Kier molecular flexibility index (Phi) is 5.09. The van der Waals surface area contributed by atoms with Crippen LogP contribution in [0.1, 0.15) is 5.76 Å². The minimum Gasteiger partial charge on any atom is -0.468 e. The second-order valence-electron chi connectivity index (χ2n) is 3.42. The first-order chi connectivity index (χ1) is 8.34. The van der Waals surface area contributed by atoms with E-state index in [2.05, 4.69) is 26.2 Å². The zero-order valence-corrected chi connectivity index (χ0v) is 11.6. The minimum atomic E-state index is 0.779. The number of aromatic nitrogens is 1. The fourth-order valence-electron chi connectivity index (χ4n) is 1.30. The van der Waals surface area contributed by atoms with Gasteiger partial charge in [-0.25, -0.2) is 4.98 Å². The first-order valence-electron chi connectivity index (χ1n) is 5.32. The molecule has 0 fully saturated rings. The van der Waals surface area contributed by atoms with Crippen molar-refractivity contribution in [3.05, 3.63) is 47.0 Å². The lowest BCUT2D eigenvalue weighted by Crippen LogP contribution is -2.16. The predicted molar refractivity (Wildman–Crippen MR) is 73.1 cm³/mol. The van der Waals surface area contributed by atoms with Crippen LogP contribution in [0.4, 0.5) is 0 Å². The van der Waals surface area contributed by atoms with Crippen molar-refractivity contribution >= 4 is 27.7 Å². The number of pyridine rings is 1. The fraction of sp³-hybridized carbons (Fsp3) is 0.250.